The predicted octanol–water partition coefficient (Wildman–Crippen LogP) is 5.76. The van der Waals surface area contributed by atoms with Gasteiger partial charge in [-0.3, -0.25) is 9.69 Å². The minimum absolute atomic E-state index is 0.0313. The fraction of sp³-hybridized carbons (Fsp3) is 0.704. The molecule has 1 saturated heterocycles. The van der Waals surface area contributed by atoms with Crippen molar-refractivity contribution in [3.05, 3.63) is 22.3 Å². The number of fused-ring (bicyclic) bond motifs is 1. The number of amides is 1. The number of aliphatic carboxylic acids is 1. The lowest BCUT2D eigenvalue weighted by Gasteiger charge is -2.48. The Balaban J connectivity index is 1.80. The second-order valence-corrected chi connectivity index (χ2v) is 13.4. The Hall–Kier alpha value is -2.26. The number of carboxylic acids is 1. The molecule has 8 nitrogen and oxygen atoms in total. The van der Waals surface area contributed by atoms with E-state index in [1.807, 2.05) is 33.8 Å². The first-order valence-electron chi connectivity index (χ1n) is 12.8. The van der Waals surface area contributed by atoms with Crippen LogP contribution in [0.5, 0.6) is 0 Å². The van der Waals surface area contributed by atoms with Gasteiger partial charge in [-0.25, -0.2) is 14.8 Å². The van der Waals surface area contributed by atoms with Crippen LogP contribution in [-0.4, -0.2) is 50.7 Å². The van der Waals surface area contributed by atoms with Gasteiger partial charge in [0.2, 0.25) is 0 Å². The smallest absolute Gasteiger partial charge is 0.407 e. The number of nitrogens with one attached hydrogen (secondary N) is 1. The van der Waals surface area contributed by atoms with E-state index in [4.69, 9.17) is 14.7 Å². The molecule has 200 valence electrons. The molecule has 3 rings (SSSR count). The van der Waals surface area contributed by atoms with Gasteiger partial charge in [0.25, 0.3) is 0 Å². The number of piperidine rings is 1. The van der Waals surface area contributed by atoms with Crippen molar-refractivity contribution in [3.63, 3.8) is 0 Å². The molecule has 2 aromatic rings. The first-order valence-corrected chi connectivity index (χ1v) is 13.6. The molecule has 36 heavy (non-hydrogen) atoms. The second-order valence-electron chi connectivity index (χ2n) is 12.3. The fourth-order valence-corrected chi connectivity index (χ4v) is 6.04. The molecule has 0 radical (unpaired) electrons. The number of hydrogen-bond donors (Lipinski definition) is 2. The average molecular weight is 519 g/mol. The summed E-state index contributed by atoms with van der Waals surface area (Å²) in [6.45, 7) is 18.4. The van der Waals surface area contributed by atoms with E-state index in [0.717, 1.165) is 40.3 Å². The SMILES string of the molecule is CCC[C@@]1(C(=O)O)C[C@@H](C(C)(C)C)CN(Cc2cc3nc(CNC(=O)OC(C)(C)C)c(C)nc3s2)C1. The third-order valence-corrected chi connectivity index (χ3v) is 7.92. The van der Waals surface area contributed by atoms with Crippen LogP contribution in [0.4, 0.5) is 4.79 Å². The number of rotatable bonds is 7. The maximum atomic E-state index is 12.5. The molecule has 0 bridgehead atoms. The van der Waals surface area contributed by atoms with Gasteiger partial charge in [-0.2, -0.15) is 0 Å². The molecule has 2 aromatic heterocycles. The van der Waals surface area contributed by atoms with Gasteiger partial charge in [0.05, 0.1) is 23.3 Å². The number of carbonyl (C=O) groups excluding carboxylic acids is 1. The Kier molecular flexibility index (Phi) is 8.35. The Labute approximate surface area is 218 Å². The molecule has 3 heterocycles. The Morgan fingerprint density at radius 1 is 1.25 bits per heavy atom. The van der Waals surface area contributed by atoms with Crippen LogP contribution >= 0.6 is 11.3 Å². The summed E-state index contributed by atoms with van der Waals surface area (Å²) in [5.74, 6) is -0.381. The highest BCUT2D eigenvalue weighted by molar-refractivity contribution is 7.18. The van der Waals surface area contributed by atoms with Gasteiger partial charge < -0.3 is 15.2 Å². The number of hydrogen-bond acceptors (Lipinski definition) is 7. The van der Waals surface area contributed by atoms with Crippen LogP contribution in [0.2, 0.25) is 0 Å². The summed E-state index contributed by atoms with van der Waals surface area (Å²) < 4.78 is 5.32. The molecule has 0 spiro atoms. The lowest BCUT2D eigenvalue weighted by Crippen LogP contribution is -2.53. The average Bonchev–Trinajstić information content (AvgIpc) is 3.10. The molecular formula is C27H42N4O4S. The lowest BCUT2D eigenvalue weighted by molar-refractivity contribution is -0.156. The van der Waals surface area contributed by atoms with E-state index in [1.54, 1.807) is 11.3 Å². The fourth-order valence-electron chi connectivity index (χ4n) is 4.99. The summed E-state index contributed by atoms with van der Waals surface area (Å²) in [6, 6.07) is 2.05. The Bertz CT molecular complexity index is 1100. The van der Waals surface area contributed by atoms with Gasteiger partial charge in [0, 0.05) is 24.5 Å². The number of ether oxygens (including phenoxy) is 1. The maximum Gasteiger partial charge on any atom is 0.407 e. The van der Waals surface area contributed by atoms with Gasteiger partial charge in [0.1, 0.15) is 15.9 Å². The topological polar surface area (TPSA) is 105 Å². The minimum atomic E-state index is -0.713. The zero-order valence-corrected chi connectivity index (χ0v) is 23.8. The van der Waals surface area contributed by atoms with E-state index in [1.165, 1.54) is 0 Å². The Morgan fingerprint density at radius 3 is 2.53 bits per heavy atom. The van der Waals surface area contributed by atoms with Crippen molar-refractivity contribution in [3.8, 4) is 0 Å². The molecule has 1 aliphatic rings. The van der Waals surface area contributed by atoms with Crippen molar-refractivity contribution in [1.29, 1.82) is 0 Å². The predicted molar refractivity (Wildman–Crippen MR) is 143 cm³/mol. The van der Waals surface area contributed by atoms with Crippen LogP contribution in [-0.2, 0) is 22.6 Å². The largest absolute Gasteiger partial charge is 0.481 e. The molecule has 2 N–H and O–H groups in total. The number of likely N-dealkylation sites (tertiary alicyclic amines) is 1. The van der Waals surface area contributed by atoms with Crippen molar-refractivity contribution < 1.29 is 19.4 Å². The number of alkyl carbamates (subject to hydrolysis) is 1. The van der Waals surface area contributed by atoms with E-state index in [0.29, 0.717) is 31.1 Å². The van der Waals surface area contributed by atoms with E-state index in [-0.39, 0.29) is 12.0 Å². The van der Waals surface area contributed by atoms with E-state index < -0.39 is 23.1 Å². The van der Waals surface area contributed by atoms with Crippen LogP contribution in [0, 0.1) is 23.7 Å². The molecule has 9 heteroatoms. The van der Waals surface area contributed by atoms with Gasteiger partial charge >= 0.3 is 12.1 Å². The van der Waals surface area contributed by atoms with Crippen molar-refractivity contribution in [1.82, 2.24) is 20.2 Å². The van der Waals surface area contributed by atoms with E-state index in [2.05, 4.69) is 37.9 Å². The third kappa shape index (κ3) is 6.94. The lowest BCUT2D eigenvalue weighted by atomic mass is 9.65. The van der Waals surface area contributed by atoms with Crippen LogP contribution in [0.25, 0.3) is 10.3 Å². The molecule has 2 atom stereocenters. The summed E-state index contributed by atoms with van der Waals surface area (Å²) in [4.78, 5) is 38.3. The quantitative estimate of drug-likeness (QED) is 0.480. The molecule has 0 saturated carbocycles. The standard InChI is InChI=1S/C27H42N4O4S/c1-9-10-27(23(32)33)12-18(25(3,4)5)14-31(16-27)15-19-11-20-22(36-19)29-17(2)21(30-20)13-28-24(34)35-26(6,7)8/h11,18H,9-10,12-16H2,1-8H3,(H,28,34)(H,32,33)/t18-,27-/m1/s1. The van der Waals surface area contributed by atoms with Crippen molar-refractivity contribution in [2.45, 2.75) is 93.3 Å². The summed E-state index contributed by atoms with van der Waals surface area (Å²) >= 11 is 1.60. The van der Waals surface area contributed by atoms with Crippen LogP contribution < -0.4 is 5.32 Å². The van der Waals surface area contributed by atoms with E-state index in [9.17, 15) is 14.7 Å². The summed E-state index contributed by atoms with van der Waals surface area (Å²) in [5, 5.41) is 13.0. The Morgan fingerprint density at radius 2 is 1.94 bits per heavy atom. The van der Waals surface area contributed by atoms with Crippen LogP contribution in [0.3, 0.4) is 0 Å². The summed E-state index contributed by atoms with van der Waals surface area (Å²) in [5.41, 5.74) is 1.02. The number of aryl methyl sites for hydroxylation is 1. The molecule has 1 amide bonds. The first kappa shape index (κ1) is 28.3. The molecular weight excluding hydrogens is 476 g/mol. The second kappa shape index (κ2) is 10.6. The van der Waals surface area contributed by atoms with Crippen molar-refractivity contribution in [2.24, 2.45) is 16.7 Å². The highest BCUT2D eigenvalue weighted by Crippen LogP contribution is 2.44. The number of aromatic nitrogens is 2. The molecule has 1 aliphatic heterocycles. The monoisotopic (exact) mass is 518 g/mol. The highest BCUT2D eigenvalue weighted by atomic mass is 32.1. The number of carboxylic acid groups (broad SMARTS) is 1. The van der Waals surface area contributed by atoms with Crippen molar-refractivity contribution >= 4 is 33.7 Å². The minimum Gasteiger partial charge on any atom is -0.481 e. The van der Waals surface area contributed by atoms with Crippen LogP contribution in [0.15, 0.2) is 6.07 Å². The first-order chi connectivity index (χ1) is 16.6. The third-order valence-electron chi connectivity index (χ3n) is 6.91. The highest BCUT2D eigenvalue weighted by Gasteiger charge is 2.47. The number of thiophene rings is 1. The maximum absolute atomic E-state index is 12.5. The number of nitrogens with zero attached hydrogens (tertiary/aromatic N) is 3. The zero-order valence-electron chi connectivity index (χ0n) is 23.0. The summed E-state index contributed by atoms with van der Waals surface area (Å²) in [7, 11) is 0. The van der Waals surface area contributed by atoms with Crippen LogP contribution in [0.1, 0.15) is 84.0 Å². The van der Waals surface area contributed by atoms with E-state index >= 15 is 0 Å². The van der Waals surface area contributed by atoms with Gasteiger partial charge in [-0.05, 0) is 57.9 Å². The summed E-state index contributed by atoms with van der Waals surface area (Å²) in [6.07, 6.45) is 1.78. The van der Waals surface area contributed by atoms with Gasteiger partial charge in [-0.15, -0.1) is 11.3 Å². The normalized spacial score (nSPS) is 21.5. The van der Waals surface area contributed by atoms with Crippen molar-refractivity contribution in [2.75, 3.05) is 13.1 Å². The van der Waals surface area contributed by atoms with Gasteiger partial charge in [0.15, 0.2) is 0 Å². The molecule has 0 aliphatic carbocycles. The molecule has 0 unspecified atom stereocenters. The van der Waals surface area contributed by atoms with Gasteiger partial charge in [-0.1, -0.05) is 34.1 Å². The molecule has 0 aromatic carbocycles. The zero-order chi connectivity index (χ0) is 26.9. The number of carbonyl (C=O) groups is 2. The molecule has 1 fully saturated rings.